The van der Waals surface area contributed by atoms with E-state index in [2.05, 4.69) is 5.16 Å². The highest BCUT2D eigenvalue weighted by molar-refractivity contribution is 6.67. The summed E-state index contributed by atoms with van der Waals surface area (Å²) in [5.74, 6) is 0.683. The average Bonchev–Trinajstić information content (AvgIpc) is 2.78. The van der Waals surface area contributed by atoms with Gasteiger partial charge in [-0.2, -0.15) is 0 Å². The molecule has 0 atom stereocenters. The van der Waals surface area contributed by atoms with Gasteiger partial charge in [0.25, 0.3) is 5.24 Å². The molecule has 2 rings (SSSR count). The number of carbonyl (C=O) groups is 1. The van der Waals surface area contributed by atoms with Crippen LogP contribution in [0.25, 0.3) is 11.3 Å². The van der Waals surface area contributed by atoms with E-state index in [1.807, 2.05) is 25.1 Å². The Morgan fingerprint density at radius 3 is 2.76 bits per heavy atom. The van der Waals surface area contributed by atoms with Crippen molar-refractivity contribution in [3.05, 3.63) is 35.6 Å². The van der Waals surface area contributed by atoms with E-state index in [1.54, 1.807) is 7.11 Å². The molecule has 1 aromatic heterocycles. The predicted molar refractivity (Wildman–Crippen MR) is 63.4 cm³/mol. The van der Waals surface area contributed by atoms with Gasteiger partial charge >= 0.3 is 0 Å². The lowest BCUT2D eigenvalue weighted by molar-refractivity contribution is 0.104. The molecule has 0 unspecified atom stereocenters. The second kappa shape index (κ2) is 4.59. The Balaban J connectivity index is 2.51. The molecule has 0 bridgehead atoms. The molecule has 17 heavy (non-hydrogen) atoms. The Morgan fingerprint density at radius 1 is 1.41 bits per heavy atom. The van der Waals surface area contributed by atoms with Crippen LogP contribution in [0.4, 0.5) is 0 Å². The Labute approximate surface area is 103 Å². The van der Waals surface area contributed by atoms with Crippen molar-refractivity contribution in [3.63, 3.8) is 0 Å². The second-order valence-electron chi connectivity index (χ2n) is 3.55. The minimum atomic E-state index is -0.671. The molecule has 0 fully saturated rings. The van der Waals surface area contributed by atoms with Gasteiger partial charge in [0.1, 0.15) is 11.4 Å². The van der Waals surface area contributed by atoms with Crippen molar-refractivity contribution in [2.45, 2.75) is 6.92 Å². The predicted octanol–water partition coefficient (Wildman–Crippen LogP) is 3.04. The summed E-state index contributed by atoms with van der Waals surface area (Å²) in [7, 11) is 1.57. The van der Waals surface area contributed by atoms with Crippen molar-refractivity contribution in [2.75, 3.05) is 7.11 Å². The van der Waals surface area contributed by atoms with Gasteiger partial charge in [0.15, 0.2) is 0 Å². The Kier molecular flexibility index (Phi) is 3.15. The van der Waals surface area contributed by atoms with Crippen LogP contribution >= 0.6 is 11.6 Å². The van der Waals surface area contributed by atoms with E-state index < -0.39 is 5.24 Å². The van der Waals surface area contributed by atoms with E-state index in [-0.39, 0.29) is 5.76 Å². The van der Waals surface area contributed by atoms with Gasteiger partial charge in [-0.1, -0.05) is 16.8 Å². The van der Waals surface area contributed by atoms with Crippen LogP contribution in [0.1, 0.15) is 16.1 Å². The van der Waals surface area contributed by atoms with Crippen LogP contribution < -0.4 is 4.74 Å². The van der Waals surface area contributed by atoms with Crippen LogP contribution in [-0.4, -0.2) is 17.5 Å². The third-order valence-electron chi connectivity index (χ3n) is 2.33. The summed E-state index contributed by atoms with van der Waals surface area (Å²) in [4.78, 5) is 10.9. The molecule has 5 heteroatoms. The van der Waals surface area contributed by atoms with E-state index in [4.69, 9.17) is 20.9 Å². The molecule has 0 aliphatic carbocycles. The molecule has 0 N–H and O–H groups in total. The van der Waals surface area contributed by atoms with Crippen molar-refractivity contribution in [2.24, 2.45) is 0 Å². The highest BCUT2D eigenvalue weighted by Gasteiger charge is 2.14. The number of carbonyl (C=O) groups excluding carboxylic acids is 1. The monoisotopic (exact) mass is 251 g/mol. The number of benzene rings is 1. The van der Waals surface area contributed by atoms with Crippen molar-refractivity contribution in [1.82, 2.24) is 5.16 Å². The topological polar surface area (TPSA) is 52.3 Å². The van der Waals surface area contributed by atoms with Crippen LogP contribution in [0.15, 0.2) is 28.8 Å². The van der Waals surface area contributed by atoms with Gasteiger partial charge in [0, 0.05) is 11.6 Å². The number of nitrogens with zero attached hydrogens (tertiary/aromatic N) is 1. The number of hydrogen-bond acceptors (Lipinski definition) is 4. The molecule has 2 aromatic rings. The van der Waals surface area contributed by atoms with Gasteiger partial charge in [0.05, 0.1) is 7.11 Å². The molecule has 0 radical (unpaired) electrons. The van der Waals surface area contributed by atoms with Gasteiger partial charge < -0.3 is 9.26 Å². The van der Waals surface area contributed by atoms with Crippen LogP contribution in [0.5, 0.6) is 5.75 Å². The van der Waals surface area contributed by atoms with Gasteiger partial charge in [-0.15, -0.1) is 0 Å². The maximum atomic E-state index is 10.9. The zero-order valence-corrected chi connectivity index (χ0v) is 10.1. The lowest BCUT2D eigenvalue weighted by atomic mass is 10.1. The van der Waals surface area contributed by atoms with E-state index in [0.717, 1.165) is 11.1 Å². The molecule has 4 nitrogen and oxygen atoms in total. The number of aromatic nitrogens is 1. The molecular weight excluding hydrogens is 242 g/mol. The van der Waals surface area contributed by atoms with Crippen molar-refractivity contribution >= 4 is 16.8 Å². The smallest absolute Gasteiger partial charge is 0.290 e. The van der Waals surface area contributed by atoms with Gasteiger partial charge in [-0.3, -0.25) is 4.79 Å². The summed E-state index contributed by atoms with van der Waals surface area (Å²) < 4.78 is 10.1. The molecule has 0 spiro atoms. The summed E-state index contributed by atoms with van der Waals surface area (Å²) in [6.45, 7) is 1.95. The SMILES string of the molecule is COc1ccc(C)cc1-c1cc(C(=O)Cl)on1. The quantitative estimate of drug-likeness (QED) is 0.787. The van der Waals surface area contributed by atoms with E-state index in [0.29, 0.717) is 11.4 Å². The molecule has 88 valence electrons. The number of methoxy groups -OCH3 is 1. The van der Waals surface area contributed by atoms with Crippen LogP contribution in [0.3, 0.4) is 0 Å². The average molecular weight is 252 g/mol. The van der Waals surface area contributed by atoms with Gasteiger partial charge in [-0.05, 0) is 30.7 Å². The summed E-state index contributed by atoms with van der Waals surface area (Å²) >= 11 is 5.30. The first-order chi connectivity index (χ1) is 8.11. The third kappa shape index (κ3) is 2.31. The van der Waals surface area contributed by atoms with Crippen molar-refractivity contribution in [3.8, 4) is 17.0 Å². The molecule has 0 saturated heterocycles. The van der Waals surface area contributed by atoms with Crippen LogP contribution in [-0.2, 0) is 0 Å². The highest BCUT2D eigenvalue weighted by atomic mass is 35.5. The van der Waals surface area contributed by atoms with Crippen molar-refractivity contribution in [1.29, 1.82) is 0 Å². The van der Waals surface area contributed by atoms with Gasteiger partial charge in [-0.25, -0.2) is 0 Å². The largest absolute Gasteiger partial charge is 0.496 e. The number of hydrogen-bond donors (Lipinski definition) is 0. The first-order valence-electron chi connectivity index (χ1n) is 4.93. The molecule has 1 aromatic carbocycles. The maximum absolute atomic E-state index is 10.9. The number of rotatable bonds is 3. The highest BCUT2D eigenvalue weighted by Crippen LogP contribution is 2.30. The molecule has 1 heterocycles. The maximum Gasteiger partial charge on any atom is 0.290 e. The van der Waals surface area contributed by atoms with Gasteiger partial charge in [0.2, 0.25) is 5.76 Å². The fourth-order valence-electron chi connectivity index (χ4n) is 1.52. The summed E-state index contributed by atoms with van der Waals surface area (Å²) in [6.07, 6.45) is 0. The number of halogens is 1. The molecule has 0 aliphatic heterocycles. The van der Waals surface area contributed by atoms with Crippen LogP contribution in [0, 0.1) is 6.92 Å². The molecule has 0 saturated carbocycles. The first-order valence-corrected chi connectivity index (χ1v) is 5.31. The lowest BCUT2D eigenvalue weighted by Gasteiger charge is -2.06. The Morgan fingerprint density at radius 2 is 2.18 bits per heavy atom. The summed E-state index contributed by atoms with van der Waals surface area (Å²) in [5.41, 5.74) is 2.34. The fraction of sp³-hybridized carbons (Fsp3) is 0.167. The standard InChI is InChI=1S/C12H10ClNO3/c1-7-3-4-10(16-2)8(5-7)9-6-11(12(13)15)17-14-9/h3-6H,1-2H3. The first kappa shape index (κ1) is 11.7. The number of aryl methyl sites for hydroxylation is 1. The zero-order valence-electron chi connectivity index (χ0n) is 9.36. The van der Waals surface area contributed by atoms with E-state index in [9.17, 15) is 4.79 Å². The number of ether oxygens (including phenoxy) is 1. The van der Waals surface area contributed by atoms with Crippen molar-refractivity contribution < 1.29 is 14.1 Å². The second-order valence-corrected chi connectivity index (χ2v) is 3.90. The minimum absolute atomic E-state index is 0.0187. The molecule has 0 aliphatic rings. The van der Waals surface area contributed by atoms with E-state index >= 15 is 0 Å². The normalized spacial score (nSPS) is 10.3. The third-order valence-corrected chi connectivity index (χ3v) is 2.52. The summed E-state index contributed by atoms with van der Waals surface area (Å²) in [5, 5.41) is 3.13. The molecular formula is C12H10ClNO3. The lowest BCUT2D eigenvalue weighted by Crippen LogP contribution is -1.88. The molecule has 0 amide bonds. The zero-order chi connectivity index (χ0) is 12.4. The summed E-state index contributed by atoms with van der Waals surface area (Å²) in [6, 6.07) is 7.16. The van der Waals surface area contributed by atoms with E-state index in [1.165, 1.54) is 6.07 Å². The fourth-order valence-corrected chi connectivity index (χ4v) is 1.61. The Bertz CT molecular complexity index is 563. The van der Waals surface area contributed by atoms with Crippen LogP contribution in [0.2, 0.25) is 0 Å². The minimum Gasteiger partial charge on any atom is -0.496 e. The Hall–Kier alpha value is -1.81.